The van der Waals surface area contributed by atoms with Crippen LogP contribution in [0.5, 0.6) is 0 Å². The van der Waals surface area contributed by atoms with Crippen LogP contribution in [-0.4, -0.2) is 43.8 Å². The minimum atomic E-state index is -4.18. The van der Waals surface area contributed by atoms with E-state index in [-0.39, 0.29) is 23.4 Å². The molecule has 0 unspecified atom stereocenters. The van der Waals surface area contributed by atoms with Crippen molar-refractivity contribution in [3.05, 3.63) is 93.5 Å². The third-order valence-electron chi connectivity index (χ3n) is 7.78. The Hall–Kier alpha value is -3.07. The van der Waals surface area contributed by atoms with E-state index in [0.717, 1.165) is 47.5 Å². The van der Waals surface area contributed by atoms with Crippen molar-refractivity contribution in [2.24, 2.45) is 0 Å². The van der Waals surface area contributed by atoms with Crippen LogP contribution in [0.2, 0.25) is 10.0 Å². The Morgan fingerprint density at radius 1 is 0.929 bits per heavy atom. The zero-order chi connectivity index (χ0) is 30.4. The summed E-state index contributed by atoms with van der Waals surface area (Å²) < 4.78 is 29.2. The second-order valence-corrected chi connectivity index (χ2v) is 13.6. The molecule has 0 bridgehead atoms. The van der Waals surface area contributed by atoms with E-state index < -0.39 is 28.5 Å². The topological polar surface area (TPSA) is 86.8 Å². The Kier molecular flexibility index (Phi) is 10.6. The fraction of sp³-hybridized carbons (Fsp3) is 0.375. The number of carbonyl (C=O) groups is 2. The highest BCUT2D eigenvalue weighted by atomic mass is 35.5. The van der Waals surface area contributed by atoms with Gasteiger partial charge in [-0.3, -0.25) is 13.9 Å². The number of sulfonamides is 1. The lowest BCUT2D eigenvalue weighted by Crippen LogP contribution is -2.53. The quantitative estimate of drug-likeness (QED) is 0.271. The van der Waals surface area contributed by atoms with E-state index in [1.165, 1.54) is 17.0 Å². The lowest BCUT2D eigenvalue weighted by atomic mass is 9.95. The van der Waals surface area contributed by atoms with Gasteiger partial charge in [-0.25, -0.2) is 8.42 Å². The highest BCUT2D eigenvalue weighted by Gasteiger charge is 2.34. The summed E-state index contributed by atoms with van der Waals surface area (Å²) in [6.45, 7) is 4.84. The van der Waals surface area contributed by atoms with Crippen LogP contribution in [0.1, 0.15) is 55.7 Å². The molecule has 0 aromatic heterocycles. The molecule has 0 heterocycles. The summed E-state index contributed by atoms with van der Waals surface area (Å²) in [6.07, 6.45) is 5.06. The minimum absolute atomic E-state index is 0.0487. The summed E-state index contributed by atoms with van der Waals surface area (Å²) in [4.78, 5) is 29.1. The summed E-state index contributed by atoms with van der Waals surface area (Å²) in [5, 5.41) is 4.03. The lowest BCUT2D eigenvalue weighted by molar-refractivity contribution is -0.139. The highest BCUT2D eigenvalue weighted by molar-refractivity contribution is 7.92. The monoisotopic (exact) mass is 629 g/mol. The van der Waals surface area contributed by atoms with Crippen LogP contribution in [0.25, 0.3) is 0 Å². The Morgan fingerprint density at radius 3 is 2.21 bits per heavy atom. The predicted molar refractivity (Wildman–Crippen MR) is 168 cm³/mol. The molecule has 1 N–H and O–H groups in total. The van der Waals surface area contributed by atoms with E-state index >= 15 is 0 Å². The molecule has 1 atom stereocenters. The van der Waals surface area contributed by atoms with Crippen LogP contribution in [0.15, 0.2) is 71.6 Å². The van der Waals surface area contributed by atoms with Gasteiger partial charge in [-0.1, -0.05) is 78.4 Å². The Balaban J connectivity index is 1.70. The number of rotatable bonds is 10. The summed E-state index contributed by atoms with van der Waals surface area (Å²) in [5.41, 5.74) is 2.48. The van der Waals surface area contributed by atoms with E-state index in [2.05, 4.69) is 5.32 Å². The van der Waals surface area contributed by atoms with Crippen LogP contribution in [0.3, 0.4) is 0 Å². The van der Waals surface area contributed by atoms with Gasteiger partial charge in [0, 0.05) is 22.6 Å². The maximum Gasteiger partial charge on any atom is 0.264 e. The number of carbonyl (C=O) groups excluding carboxylic acids is 2. The number of nitrogens with one attached hydrogen (secondary N) is 1. The molecular formula is C32H37Cl2N3O4S. The first-order valence-electron chi connectivity index (χ1n) is 14.2. The third kappa shape index (κ3) is 7.65. The van der Waals surface area contributed by atoms with Crippen LogP contribution < -0.4 is 9.62 Å². The molecule has 224 valence electrons. The van der Waals surface area contributed by atoms with Crippen molar-refractivity contribution in [3.63, 3.8) is 0 Å². The average molecular weight is 631 g/mol. The molecule has 4 rings (SSSR count). The Labute approximate surface area is 258 Å². The van der Waals surface area contributed by atoms with Gasteiger partial charge in [0.1, 0.15) is 12.6 Å². The molecule has 42 heavy (non-hydrogen) atoms. The smallest absolute Gasteiger partial charge is 0.264 e. The molecule has 10 heteroatoms. The number of benzene rings is 3. The molecule has 0 saturated heterocycles. The van der Waals surface area contributed by atoms with Crippen molar-refractivity contribution in [3.8, 4) is 0 Å². The van der Waals surface area contributed by atoms with Crippen molar-refractivity contribution in [2.75, 3.05) is 10.8 Å². The lowest BCUT2D eigenvalue weighted by Gasteiger charge is -2.33. The van der Waals surface area contributed by atoms with Gasteiger partial charge in [0.15, 0.2) is 0 Å². The van der Waals surface area contributed by atoms with E-state index in [9.17, 15) is 18.0 Å². The van der Waals surface area contributed by atoms with Crippen LogP contribution >= 0.6 is 23.2 Å². The molecule has 2 amide bonds. The molecule has 1 aliphatic rings. The van der Waals surface area contributed by atoms with Gasteiger partial charge >= 0.3 is 0 Å². The van der Waals surface area contributed by atoms with E-state index in [4.69, 9.17) is 23.2 Å². The number of halogens is 2. The van der Waals surface area contributed by atoms with E-state index in [1.807, 2.05) is 6.92 Å². The van der Waals surface area contributed by atoms with Crippen molar-refractivity contribution in [1.29, 1.82) is 0 Å². The number of anilines is 1. The van der Waals surface area contributed by atoms with E-state index in [0.29, 0.717) is 21.3 Å². The Bertz CT molecular complexity index is 1510. The van der Waals surface area contributed by atoms with Gasteiger partial charge in [0.05, 0.1) is 10.6 Å². The molecular weight excluding hydrogens is 593 g/mol. The molecule has 0 radical (unpaired) electrons. The minimum Gasteiger partial charge on any atom is -0.352 e. The van der Waals surface area contributed by atoms with Crippen LogP contribution in [0.4, 0.5) is 5.69 Å². The largest absolute Gasteiger partial charge is 0.352 e. The number of amides is 2. The van der Waals surface area contributed by atoms with Crippen molar-refractivity contribution < 1.29 is 18.0 Å². The van der Waals surface area contributed by atoms with Crippen molar-refractivity contribution in [2.45, 2.75) is 76.4 Å². The summed E-state index contributed by atoms with van der Waals surface area (Å²) in [7, 11) is -4.18. The second-order valence-electron chi connectivity index (χ2n) is 10.9. The first-order valence-corrected chi connectivity index (χ1v) is 16.4. The van der Waals surface area contributed by atoms with Crippen molar-refractivity contribution in [1.82, 2.24) is 10.2 Å². The number of hydrogen-bond donors (Lipinski definition) is 1. The standard InChI is InChI=1S/C32H37Cl2N3O4S/c1-22-12-18-28(19-13-22)42(40,41)37(30-11-7-10-29(34)23(30)2)21-31(38)36(20-25-14-16-26(33)17-15-25)24(3)32(39)35-27-8-5-4-6-9-27/h7,10-19,24,27H,4-6,8-9,20-21H2,1-3H3,(H,35,39)/t24-/m1/s1. The maximum atomic E-state index is 14.1. The highest BCUT2D eigenvalue weighted by Crippen LogP contribution is 2.31. The maximum absolute atomic E-state index is 14.1. The SMILES string of the molecule is Cc1ccc(S(=O)(=O)N(CC(=O)N(Cc2ccc(Cl)cc2)[C@H](C)C(=O)NC2CCCCC2)c2cccc(Cl)c2C)cc1. The predicted octanol–water partition coefficient (Wildman–Crippen LogP) is 6.67. The molecule has 3 aromatic carbocycles. The van der Waals surface area contributed by atoms with Gasteiger partial charge in [-0.15, -0.1) is 0 Å². The molecule has 1 saturated carbocycles. The number of aryl methyl sites for hydroxylation is 1. The normalized spacial score (nSPS) is 14.7. The van der Waals surface area contributed by atoms with E-state index in [1.54, 1.807) is 68.4 Å². The zero-order valence-corrected chi connectivity index (χ0v) is 26.5. The molecule has 1 aliphatic carbocycles. The molecule has 7 nitrogen and oxygen atoms in total. The van der Waals surface area contributed by atoms with Crippen molar-refractivity contribution >= 4 is 50.7 Å². The first-order chi connectivity index (χ1) is 20.0. The molecule has 0 spiro atoms. The third-order valence-corrected chi connectivity index (χ3v) is 10.2. The molecule has 3 aromatic rings. The van der Waals surface area contributed by atoms with Gasteiger partial charge in [-0.2, -0.15) is 0 Å². The molecule has 1 fully saturated rings. The average Bonchev–Trinajstić information content (AvgIpc) is 2.97. The van der Waals surface area contributed by atoms with Gasteiger partial charge in [0.25, 0.3) is 10.0 Å². The zero-order valence-electron chi connectivity index (χ0n) is 24.1. The number of nitrogens with zero attached hydrogens (tertiary/aromatic N) is 2. The molecule has 0 aliphatic heterocycles. The fourth-order valence-corrected chi connectivity index (χ4v) is 6.92. The summed E-state index contributed by atoms with van der Waals surface area (Å²) >= 11 is 12.5. The van der Waals surface area contributed by atoms with Crippen LogP contribution in [0, 0.1) is 13.8 Å². The van der Waals surface area contributed by atoms with Gasteiger partial charge in [-0.05, 0) is 81.1 Å². The first kappa shape index (κ1) is 31.9. The fourth-order valence-electron chi connectivity index (χ4n) is 5.15. The summed E-state index contributed by atoms with van der Waals surface area (Å²) in [6, 6.07) is 17.6. The Morgan fingerprint density at radius 2 is 1.57 bits per heavy atom. The summed E-state index contributed by atoms with van der Waals surface area (Å²) in [5.74, 6) is -0.789. The second kappa shape index (κ2) is 13.9. The number of hydrogen-bond acceptors (Lipinski definition) is 4. The van der Waals surface area contributed by atoms with Crippen LogP contribution in [-0.2, 0) is 26.2 Å². The van der Waals surface area contributed by atoms with Gasteiger partial charge < -0.3 is 10.2 Å². The van der Waals surface area contributed by atoms with Gasteiger partial charge in [0.2, 0.25) is 11.8 Å².